The lowest BCUT2D eigenvalue weighted by molar-refractivity contribution is 0.491. The van der Waals surface area contributed by atoms with Gasteiger partial charge in [-0.1, -0.05) is 0 Å². The highest BCUT2D eigenvalue weighted by Crippen LogP contribution is 2.35. The third kappa shape index (κ3) is 4.71. The van der Waals surface area contributed by atoms with Crippen molar-refractivity contribution in [1.29, 1.82) is 0 Å². The molecule has 1 heterocycles. The van der Waals surface area contributed by atoms with Crippen molar-refractivity contribution in [3.8, 4) is 21.9 Å². The highest BCUT2D eigenvalue weighted by atomic mass is 32.2. The minimum absolute atomic E-state index is 0.233. The minimum Gasteiger partial charge on any atom is -0.383 e. The number of hydrogen-bond donors (Lipinski definition) is 0. The van der Waals surface area contributed by atoms with Gasteiger partial charge < -0.3 is 8.37 Å². The van der Waals surface area contributed by atoms with Crippen LogP contribution in [-0.4, -0.2) is 29.3 Å². The zero-order valence-electron chi connectivity index (χ0n) is 13.2. The highest BCUT2D eigenvalue weighted by Gasteiger charge is 2.10. The van der Waals surface area contributed by atoms with Gasteiger partial charge in [-0.05, 0) is 48.0 Å². The first-order valence-electron chi connectivity index (χ1n) is 6.94. The molecule has 3 rings (SSSR count). The number of fused-ring (bicyclic) bond motifs is 1. The second kappa shape index (κ2) is 6.32. The van der Waals surface area contributed by atoms with Crippen LogP contribution in [0, 0.1) is 6.07 Å². The molecule has 0 unspecified atom stereocenters. The topological polar surface area (TPSA) is 86.7 Å². The van der Waals surface area contributed by atoms with Crippen LogP contribution in [0.5, 0.6) is 11.5 Å². The van der Waals surface area contributed by atoms with E-state index >= 15 is 0 Å². The van der Waals surface area contributed by atoms with E-state index in [9.17, 15) is 16.8 Å². The van der Waals surface area contributed by atoms with E-state index in [1.807, 2.05) is 0 Å². The summed E-state index contributed by atoms with van der Waals surface area (Å²) in [6.07, 6.45) is 1.97. The van der Waals surface area contributed by atoms with Crippen molar-refractivity contribution in [2.45, 2.75) is 0 Å². The fourth-order valence-corrected chi connectivity index (χ4v) is 4.10. The Bertz CT molecular complexity index is 1130. The van der Waals surface area contributed by atoms with Crippen LogP contribution in [0.1, 0.15) is 0 Å². The van der Waals surface area contributed by atoms with E-state index in [2.05, 4.69) is 6.07 Å². The van der Waals surface area contributed by atoms with Gasteiger partial charge in [0.05, 0.1) is 12.5 Å². The average molecular weight is 397 g/mol. The maximum atomic E-state index is 11.2. The maximum absolute atomic E-state index is 11.2. The zero-order valence-corrected chi connectivity index (χ0v) is 15.7. The van der Waals surface area contributed by atoms with Crippen molar-refractivity contribution in [2.75, 3.05) is 12.5 Å². The third-order valence-electron chi connectivity index (χ3n) is 3.03. The maximum Gasteiger partial charge on any atom is 0.306 e. The summed E-state index contributed by atoms with van der Waals surface area (Å²) in [6, 6.07) is 14.8. The summed E-state index contributed by atoms with van der Waals surface area (Å²) < 4.78 is 55.2. The Morgan fingerprint density at radius 1 is 0.840 bits per heavy atom. The van der Waals surface area contributed by atoms with E-state index < -0.39 is 20.2 Å². The van der Waals surface area contributed by atoms with Crippen LogP contribution in [0.2, 0.25) is 0 Å². The molecule has 0 aliphatic heterocycles. The van der Waals surface area contributed by atoms with Crippen LogP contribution < -0.4 is 8.37 Å². The molecule has 1 aromatic heterocycles. The van der Waals surface area contributed by atoms with Crippen LogP contribution in [0.15, 0.2) is 42.5 Å². The predicted molar refractivity (Wildman–Crippen MR) is 97.0 cm³/mol. The minimum atomic E-state index is -3.58. The fraction of sp³-hybridized carbons (Fsp3) is 0.125. The van der Waals surface area contributed by atoms with Crippen molar-refractivity contribution in [3.05, 3.63) is 48.5 Å². The van der Waals surface area contributed by atoms with Gasteiger partial charge in [0.25, 0.3) is 0 Å². The van der Waals surface area contributed by atoms with E-state index in [4.69, 9.17) is 8.37 Å². The van der Waals surface area contributed by atoms with Gasteiger partial charge in [0.2, 0.25) is 0 Å². The Balaban J connectivity index is 1.91. The summed E-state index contributed by atoms with van der Waals surface area (Å²) in [7, 11) is -7.14. The molecule has 0 aliphatic rings. The van der Waals surface area contributed by atoms with Crippen LogP contribution in [0.4, 0.5) is 0 Å². The lowest BCUT2D eigenvalue weighted by atomic mass is 10.1. The van der Waals surface area contributed by atoms with E-state index in [0.717, 1.165) is 33.0 Å². The third-order valence-corrected chi connectivity index (χ3v) is 5.11. The molecular formula is C16H13O6S3. The SMILES string of the molecule is CS(=O)(=O)Oc1ccc(-c2[c]c3ccc(OS(C)(=O)=O)cc3s2)cc1. The molecule has 0 spiro atoms. The lowest BCUT2D eigenvalue weighted by Gasteiger charge is -2.03. The van der Waals surface area contributed by atoms with Crippen molar-refractivity contribution in [2.24, 2.45) is 0 Å². The fourth-order valence-electron chi connectivity index (χ4n) is 2.14. The Morgan fingerprint density at radius 3 is 2.00 bits per heavy atom. The molecule has 6 nitrogen and oxygen atoms in total. The van der Waals surface area contributed by atoms with Gasteiger partial charge in [-0.2, -0.15) is 16.8 Å². The first-order valence-corrected chi connectivity index (χ1v) is 11.4. The number of hydrogen-bond acceptors (Lipinski definition) is 7. The van der Waals surface area contributed by atoms with E-state index in [-0.39, 0.29) is 11.5 Å². The molecule has 0 aliphatic carbocycles. The van der Waals surface area contributed by atoms with Gasteiger partial charge in [0, 0.05) is 21.0 Å². The lowest BCUT2D eigenvalue weighted by Crippen LogP contribution is -2.05. The molecule has 0 N–H and O–H groups in total. The summed E-state index contributed by atoms with van der Waals surface area (Å²) in [5.41, 5.74) is 0.840. The standard InChI is InChI=1S/C16H13O6S3/c1-24(17,18)21-13-6-3-11(4-7-13)15-9-12-5-8-14(10-16(12)23-15)22-25(2,19)20/h3-8,10H,1-2H3. The molecule has 0 bridgehead atoms. The first kappa shape index (κ1) is 17.7. The van der Waals surface area contributed by atoms with E-state index in [1.165, 1.54) is 11.3 Å². The highest BCUT2D eigenvalue weighted by molar-refractivity contribution is 7.86. The van der Waals surface area contributed by atoms with E-state index in [0.29, 0.717) is 0 Å². The summed E-state index contributed by atoms with van der Waals surface area (Å²) in [6.45, 7) is 0. The Morgan fingerprint density at radius 2 is 1.40 bits per heavy atom. The molecule has 0 fully saturated rings. The van der Waals surface area contributed by atoms with Gasteiger partial charge in [-0.15, -0.1) is 11.3 Å². The number of benzene rings is 2. The van der Waals surface area contributed by atoms with Gasteiger partial charge in [0.1, 0.15) is 11.5 Å². The van der Waals surface area contributed by atoms with Crippen LogP contribution in [-0.2, 0) is 20.2 Å². The average Bonchev–Trinajstić information content (AvgIpc) is 2.87. The summed E-state index contributed by atoms with van der Waals surface area (Å²) in [5, 5.41) is 0.831. The molecule has 2 aromatic carbocycles. The molecule has 0 saturated carbocycles. The van der Waals surface area contributed by atoms with Crippen LogP contribution in [0.3, 0.4) is 0 Å². The van der Waals surface area contributed by atoms with Gasteiger partial charge >= 0.3 is 20.2 Å². The van der Waals surface area contributed by atoms with Crippen molar-refractivity contribution < 1.29 is 25.2 Å². The Kier molecular flexibility index (Phi) is 4.48. The number of thiophene rings is 1. The van der Waals surface area contributed by atoms with Crippen molar-refractivity contribution >= 4 is 41.7 Å². The quantitative estimate of drug-likeness (QED) is 0.615. The summed E-state index contributed by atoms with van der Waals surface area (Å²) >= 11 is 1.42. The first-order chi connectivity index (χ1) is 11.6. The zero-order chi connectivity index (χ0) is 18.2. The predicted octanol–water partition coefficient (Wildman–Crippen LogP) is 3.05. The monoisotopic (exact) mass is 397 g/mol. The smallest absolute Gasteiger partial charge is 0.306 e. The van der Waals surface area contributed by atoms with Gasteiger partial charge in [0.15, 0.2) is 0 Å². The second-order valence-corrected chi connectivity index (χ2v) is 9.52. The van der Waals surface area contributed by atoms with Crippen LogP contribution >= 0.6 is 11.3 Å². The molecule has 25 heavy (non-hydrogen) atoms. The van der Waals surface area contributed by atoms with Crippen molar-refractivity contribution in [3.63, 3.8) is 0 Å². The second-order valence-electron chi connectivity index (χ2n) is 5.31. The largest absolute Gasteiger partial charge is 0.383 e. The molecule has 0 atom stereocenters. The van der Waals surface area contributed by atoms with Gasteiger partial charge in [-0.3, -0.25) is 0 Å². The number of rotatable bonds is 5. The van der Waals surface area contributed by atoms with Crippen LogP contribution in [0.25, 0.3) is 20.5 Å². The molecule has 0 saturated heterocycles. The Hall–Kier alpha value is -2.10. The normalized spacial score (nSPS) is 12.2. The summed E-state index contributed by atoms with van der Waals surface area (Å²) in [4.78, 5) is 0.831. The molecular weight excluding hydrogens is 384 g/mol. The molecule has 0 amide bonds. The molecule has 1 radical (unpaired) electrons. The van der Waals surface area contributed by atoms with E-state index in [1.54, 1.807) is 42.5 Å². The van der Waals surface area contributed by atoms with Crippen molar-refractivity contribution in [1.82, 2.24) is 0 Å². The van der Waals surface area contributed by atoms with Gasteiger partial charge in [-0.25, -0.2) is 0 Å². The summed E-state index contributed by atoms with van der Waals surface area (Å²) in [5.74, 6) is 0.477. The Labute approximate surface area is 149 Å². The molecule has 3 aromatic rings. The molecule has 9 heteroatoms. The molecule has 131 valence electrons.